The summed E-state index contributed by atoms with van der Waals surface area (Å²) in [6.45, 7) is 3.51. The van der Waals surface area contributed by atoms with Gasteiger partial charge in [-0.25, -0.2) is 13.6 Å². The maximum atomic E-state index is 14.9. The fraction of sp³-hybridized carbons (Fsp3) is 0.250. The van der Waals surface area contributed by atoms with Gasteiger partial charge in [0.1, 0.15) is 17.3 Å². The number of rotatable bonds is 13. The molecule has 246 valence electrons. The SMILES string of the molecule is COC(=O)c1ccc(CNC(=O)c2c(-c3ccccc3)c(-c3ccc(F)cc3)c(/C=C/[C@@H](O)C[C@@H](O)CC(=O)O)n2C(C)C)c(F)c1. The number of aliphatic carboxylic acids is 1. The lowest BCUT2D eigenvalue weighted by molar-refractivity contribution is -0.139. The van der Waals surface area contributed by atoms with Gasteiger partial charge in [0.15, 0.2) is 0 Å². The van der Waals surface area contributed by atoms with Crippen molar-refractivity contribution in [3.8, 4) is 22.3 Å². The van der Waals surface area contributed by atoms with Crippen molar-refractivity contribution in [2.75, 3.05) is 7.11 Å². The van der Waals surface area contributed by atoms with Gasteiger partial charge < -0.3 is 29.9 Å². The van der Waals surface area contributed by atoms with Crippen molar-refractivity contribution in [1.29, 1.82) is 0 Å². The molecule has 0 aliphatic rings. The Morgan fingerprint density at radius 2 is 1.60 bits per heavy atom. The van der Waals surface area contributed by atoms with Gasteiger partial charge >= 0.3 is 11.9 Å². The molecule has 47 heavy (non-hydrogen) atoms. The fourth-order valence-corrected chi connectivity index (χ4v) is 5.36. The second kappa shape index (κ2) is 15.4. The lowest BCUT2D eigenvalue weighted by atomic mass is 9.94. The van der Waals surface area contributed by atoms with Crippen molar-refractivity contribution in [3.05, 3.63) is 113 Å². The summed E-state index contributed by atoms with van der Waals surface area (Å²) in [7, 11) is 1.19. The summed E-state index contributed by atoms with van der Waals surface area (Å²) in [5, 5.41) is 32.5. The highest BCUT2D eigenvalue weighted by molar-refractivity contribution is 6.06. The molecule has 2 atom stereocenters. The minimum absolute atomic E-state index is 0.0261. The molecule has 0 spiro atoms. The normalized spacial score (nSPS) is 12.7. The van der Waals surface area contributed by atoms with Crippen LogP contribution in [0.4, 0.5) is 8.78 Å². The van der Waals surface area contributed by atoms with Crippen LogP contribution in [0.1, 0.15) is 64.8 Å². The van der Waals surface area contributed by atoms with E-state index in [4.69, 9.17) is 5.11 Å². The third kappa shape index (κ3) is 8.37. The number of carbonyl (C=O) groups excluding carboxylic acids is 2. The minimum Gasteiger partial charge on any atom is -0.481 e. The average Bonchev–Trinajstić information content (AvgIpc) is 3.38. The van der Waals surface area contributed by atoms with Crippen LogP contribution in [-0.4, -0.2) is 57.1 Å². The van der Waals surface area contributed by atoms with Crippen LogP contribution in [0.25, 0.3) is 28.3 Å². The Labute approximate surface area is 270 Å². The Morgan fingerprint density at radius 1 is 0.936 bits per heavy atom. The number of halogens is 2. The molecule has 1 heterocycles. The van der Waals surface area contributed by atoms with Crippen molar-refractivity contribution in [2.45, 2.75) is 51.5 Å². The summed E-state index contributed by atoms with van der Waals surface area (Å²) >= 11 is 0. The molecule has 0 aliphatic carbocycles. The maximum absolute atomic E-state index is 14.9. The van der Waals surface area contributed by atoms with Gasteiger partial charge in [-0.1, -0.05) is 54.6 Å². The van der Waals surface area contributed by atoms with Gasteiger partial charge in [0.25, 0.3) is 5.91 Å². The second-order valence-electron chi connectivity index (χ2n) is 11.2. The molecule has 9 nitrogen and oxygen atoms in total. The first-order valence-electron chi connectivity index (χ1n) is 14.9. The van der Waals surface area contributed by atoms with Gasteiger partial charge in [0.2, 0.25) is 0 Å². The van der Waals surface area contributed by atoms with E-state index in [0.29, 0.717) is 27.9 Å². The molecular formula is C36H36F2N2O7. The monoisotopic (exact) mass is 646 g/mol. The zero-order chi connectivity index (χ0) is 34.2. The summed E-state index contributed by atoms with van der Waals surface area (Å²) in [6.07, 6.45) is -0.302. The zero-order valence-corrected chi connectivity index (χ0v) is 26.1. The van der Waals surface area contributed by atoms with Crippen molar-refractivity contribution in [1.82, 2.24) is 9.88 Å². The van der Waals surface area contributed by atoms with Crippen LogP contribution in [0.3, 0.4) is 0 Å². The molecule has 0 radical (unpaired) electrons. The average molecular weight is 647 g/mol. The standard InChI is InChI=1S/C36H36F2N2O7/c1-21(2)40-30(16-15-27(41)18-28(42)19-31(43)44)32(23-11-13-26(37)14-12-23)33(22-7-5-4-6-8-22)34(40)35(45)39-20-25-10-9-24(17-29(25)38)36(46)47-3/h4-17,21,27-28,41-42H,18-20H2,1-3H3,(H,39,45)(H,43,44)/b16-15+/t27-,28-/m1/s1. The molecule has 1 amide bonds. The van der Waals surface area contributed by atoms with E-state index in [2.05, 4.69) is 10.1 Å². The molecule has 4 rings (SSSR count). The van der Waals surface area contributed by atoms with Crippen LogP contribution in [0, 0.1) is 11.6 Å². The van der Waals surface area contributed by atoms with Crippen LogP contribution in [-0.2, 0) is 16.1 Å². The molecule has 4 N–H and O–H groups in total. The number of benzene rings is 3. The van der Waals surface area contributed by atoms with Crippen molar-refractivity contribution >= 4 is 23.9 Å². The number of nitrogens with zero attached hydrogens (tertiary/aromatic N) is 1. The van der Waals surface area contributed by atoms with Gasteiger partial charge in [-0.05, 0) is 55.3 Å². The third-order valence-corrected chi connectivity index (χ3v) is 7.48. The molecule has 0 fully saturated rings. The quantitative estimate of drug-likeness (QED) is 0.131. The zero-order valence-electron chi connectivity index (χ0n) is 26.1. The number of aromatic nitrogens is 1. The molecule has 1 aromatic heterocycles. The number of methoxy groups -OCH3 is 1. The molecule has 0 bridgehead atoms. The number of nitrogens with one attached hydrogen (secondary N) is 1. The first kappa shape index (κ1) is 34.7. The summed E-state index contributed by atoms with van der Waals surface area (Å²) in [6, 6.07) is 18.3. The smallest absolute Gasteiger partial charge is 0.337 e. The first-order chi connectivity index (χ1) is 22.4. The van der Waals surface area contributed by atoms with Gasteiger partial charge in [0, 0.05) is 41.4 Å². The Morgan fingerprint density at radius 3 is 2.19 bits per heavy atom. The van der Waals surface area contributed by atoms with Crippen LogP contribution >= 0.6 is 0 Å². The number of hydrogen-bond donors (Lipinski definition) is 4. The van der Waals surface area contributed by atoms with E-state index in [-0.39, 0.29) is 35.8 Å². The molecule has 3 aromatic carbocycles. The lowest BCUT2D eigenvalue weighted by Gasteiger charge is -2.17. The number of esters is 1. The highest BCUT2D eigenvalue weighted by Crippen LogP contribution is 2.42. The Kier molecular flexibility index (Phi) is 11.4. The van der Waals surface area contributed by atoms with E-state index in [9.17, 15) is 33.4 Å². The highest BCUT2D eigenvalue weighted by atomic mass is 19.1. The van der Waals surface area contributed by atoms with Crippen LogP contribution in [0.15, 0.2) is 78.9 Å². The van der Waals surface area contributed by atoms with Crippen LogP contribution < -0.4 is 5.32 Å². The molecule has 0 aliphatic heterocycles. The molecule has 0 unspecified atom stereocenters. The van der Waals surface area contributed by atoms with Gasteiger partial charge in [0.05, 0.1) is 31.3 Å². The number of carboxylic acid groups (broad SMARTS) is 1. The Hall–Kier alpha value is -5.13. The Bertz CT molecular complexity index is 1770. The number of ether oxygens (including phenoxy) is 1. The minimum atomic E-state index is -1.29. The predicted octanol–water partition coefficient (Wildman–Crippen LogP) is 6.00. The van der Waals surface area contributed by atoms with E-state index in [1.54, 1.807) is 34.9 Å². The number of carboxylic acids is 1. The summed E-state index contributed by atoms with van der Waals surface area (Å²) in [4.78, 5) is 37.0. The summed E-state index contributed by atoms with van der Waals surface area (Å²) < 4.78 is 35.4. The van der Waals surface area contributed by atoms with Crippen LogP contribution in [0.5, 0.6) is 0 Å². The van der Waals surface area contributed by atoms with Crippen LogP contribution in [0.2, 0.25) is 0 Å². The molecule has 0 saturated carbocycles. The van der Waals surface area contributed by atoms with E-state index >= 15 is 0 Å². The van der Waals surface area contributed by atoms with Gasteiger partial charge in [-0.2, -0.15) is 0 Å². The highest BCUT2D eigenvalue weighted by Gasteiger charge is 2.29. The van der Waals surface area contributed by atoms with Crippen molar-refractivity contribution < 1.29 is 43.2 Å². The molecule has 4 aromatic rings. The fourth-order valence-electron chi connectivity index (χ4n) is 5.36. The molecule has 0 saturated heterocycles. The maximum Gasteiger partial charge on any atom is 0.337 e. The number of carbonyl (C=O) groups is 3. The Balaban J connectivity index is 1.87. The molecular weight excluding hydrogens is 610 g/mol. The van der Waals surface area contributed by atoms with E-state index < -0.39 is 48.1 Å². The molecule has 11 heteroatoms. The second-order valence-corrected chi connectivity index (χ2v) is 11.2. The van der Waals surface area contributed by atoms with Crippen molar-refractivity contribution in [2.24, 2.45) is 0 Å². The van der Waals surface area contributed by atoms with Gasteiger partial charge in [-0.3, -0.25) is 9.59 Å². The first-order valence-corrected chi connectivity index (χ1v) is 14.9. The topological polar surface area (TPSA) is 138 Å². The number of hydrogen-bond acceptors (Lipinski definition) is 6. The number of aliphatic hydroxyl groups is 2. The number of amides is 1. The van der Waals surface area contributed by atoms with Gasteiger partial charge in [-0.15, -0.1) is 0 Å². The van der Waals surface area contributed by atoms with E-state index in [0.717, 1.165) is 6.07 Å². The summed E-state index contributed by atoms with van der Waals surface area (Å²) in [5.74, 6) is -3.61. The van der Waals surface area contributed by atoms with E-state index in [1.807, 2.05) is 32.0 Å². The van der Waals surface area contributed by atoms with Crippen molar-refractivity contribution in [3.63, 3.8) is 0 Å². The third-order valence-electron chi connectivity index (χ3n) is 7.48. The predicted molar refractivity (Wildman–Crippen MR) is 172 cm³/mol. The van der Waals surface area contributed by atoms with E-state index in [1.165, 1.54) is 37.5 Å². The largest absolute Gasteiger partial charge is 0.481 e. The summed E-state index contributed by atoms with van der Waals surface area (Å²) in [5.41, 5.74) is 3.16. The lowest BCUT2D eigenvalue weighted by Crippen LogP contribution is -2.27. The number of aliphatic hydroxyl groups excluding tert-OH is 2.